The van der Waals surface area contributed by atoms with Crippen molar-refractivity contribution in [2.24, 2.45) is 0 Å². The largest absolute Gasteiger partial charge is 0.335 e. The van der Waals surface area contributed by atoms with E-state index in [0.29, 0.717) is 4.77 Å². The number of aromatic amines is 1. The van der Waals surface area contributed by atoms with Crippen molar-refractivity contribution in [2.75, 3.05) is 5.84 Å². The summed E-state index contributed by atoms with van der Waals surface area (Å²) in [5, 5.41) is 6.67. The molecule has 0 radical (unpaired) electrons. The van der Waals surface area contributed by atoms with E-state index in [-0.39, 0.29) is 17.2 Å². The maximum atomic E-state index is 5.64. The fourth-order valence-corrected chi connectivity index (χ4v) is 1.64. The van der Waals surface area contributed by atoms with Crippen molar-refractivity contribution in [1.82, 2.24) is 14.9 Å². The Morgan fingerprint density at radius 2 is 2.14 bits per heavy atom. The molecule has 1 rings (SSSR count). The first kappa shape index (κ1) is 13.8. The van der Waals surface area contributed by atoms with Crippen LogP contribution < -0.4 is 5.84 Å². The number of hydrogen-bond acceptors (Lipinski definition) is 4. The lowest BCUT2D eigenvalue weighted by atomic mass is 10.3. The molecule has 1 aromatic heterocycles. The van der Waals surface area contributed by atoms with Gasteiger partial charge in [0, 0.05) is 4.75 Å². The van der Waals surface area contributed by atoms with Gasteiger partial charge in [-0.1, -0.05) is 20.8 Å². The van der Waals surface area contributed by atoms with E-state index in [2.05, 4.69) is 31.0 Å². The first-order valence-corrected chi connectivity index (χ1v) is 5.35. The number of rotatable bonds is 2. The highest BCUT2D eigenvalue weighted by Gasteiger charge is 2.12. The molecule has 82 valence electrons. The van der Waals surface area contributed by atoms with Gasteiger partial charge in [-0.25, -0.2) is 4.68 Å². The molecule has 0 aliphatic carbocycles. The van der Waals surface area contributed by atoms with Crippen LogP contribution in [0.2, 0.25) is 0 Å². The highest BCUT2D eigenvalue weighted by Crippen LogP contribution is 2.25. The number of nitrogen functional groups attached to an aromatic ring is 1. The molecule has 0 bridgehead atoms. The minimum absolute atomic E-state index is 0. The maximum absolute atomic E-state index is 5.64. The predicted molar refractivity (Wildman–Crippen MR) is 65.9 cm³/mol. The maximum Gasteiger partial charge on any atom is 0.214 e. The fraction of sp³-hybridized carbons (Fsp3) is 0.714. The van der Waals surface area contributed by atoms with Crippen LogP contribution in [0, 0.1) is 4.77 Å². The number of H-pyrrole nitrogens is 1. The molecule has 0 unspecified atom stereocenters. The summed E-state index contributed by atoms with van der Waals surface area (Å²) in [5.74, 6) is 7.19. The monoisotopic (exact) mass is 254 g/mol. The van der Waals surface area contributed by atoms with Gasteiger partial charge in [0.25, 0.3) is 0 Å². The van der Waals surface area contributed by atoms with E-state index in [1.165, 1.54) is 4.68 Å². The number of nitrogens with two attached hydrogens (primary N) is 1. The summed E-state index contributed by atoms with van der Waals surface area (Å²) in [4.78, 5) is 0. The Bertz CT molecular complexity index is 338. The first-order chi connectivity index (χ1) is 5.90. The molecule has 0 amide bonds. The van der Waals surface area contributed by atoms with Crippen molar-refractivity contribution in [1.29, 1.82) is 0 Å². The average Bonchev–Trinajstić information content (AvgIpc) is 2.29. The molecule has 14 heavy (non-hydrogen) atoms. The third kappa shape index (κ3) is 3.89. The van der Waals surface area contributed by atoms with E-state index < -0.39 is 0 Å². The molecule has 0 aromatic carbocycles. The number of halogens is 1. The third-order valence-electron chi connectivity index (χ3n) is 1.41. The van der Waals surface area contributed by atoms with Crippen LogP contribution in [0.4, 0.5) is 0 Å². The van der Waals surface area contributed by atoms with Gasteiger partial charge in [-0.05, 0) is 12.2 Å². The molecule has 0 saturated heterocycles. The zero-order valence-corrected chi connectivity index (χ0v) is 10.9. The molecule has 3 N–H and O–H groups in total. The van der Waals surface area contributed by atoms with E-state index in [0.717, 1.165) is 11.6 Å². The van der Waals surface area contributed by atoms with Crippen LogP contribution in [0.25, 0.3) is 0 Å². The van der Waals surface area contributed by atoms with Crippen molar-refractivity contribution >= 4 is 36.4 Å². The summed E-state index contributed by atoms with van der Waals surface area (Å²) >= 11 is 6.68. The van der Waals surface area contributed by atoms with Gasteiger partial charge in [0.15, 0.2) is 5.82 Å². The van der Waals surface area contributed by atoms with E-state index in [1.54, 1.807) is 11.8 Å². The smallest absolute Gasteiger partial charge is 0.214 e. The lowest BCUT2D eigenvalue weighted by molar-refractivity contribution is 0.797. The van der Waals surface area contributed by atoms with Crippen LogP contribution >= 0.6 is 36.4 Å². The van der Waals surface area contributed by atoms with Crippen LogP contribution in [0.15, 0.2) is 0 Å². The minimum Gasteiger partial charge on any atom is -0.335 e. The van der Waals surface area contributed by atoms with Gasteiger partial charge in [-0.15, -0.1) is 24.2 Å². The van der Waals surface area contributed by atoms with Crippen molar-refractivity contribution in [3.05, 3.63) is 10.6 Å². The third-order valence-corrected chi connectivity index (χ3v) is 2.97. The van der Waals surface area contributed by atoms with Gasteiger partial charge in [0.05, 0.1) is 5.75 Å². The van der Waals surface area contributed by atoms with Gasteiger partial charge >= 0.3 is 0 Å². The fourth-order valence-electron chi connectivity index (χ4n) is 0.720. The molecule has 0 fully saturated rings. The Morgan fingerprint density at radius 3 is 2.50 bits per heavy atom. The van der Waals surface area contributed by atoms with Crippen LogP contribution in [-0.2, 0) is 5.75 Å². The summed E-state index contributed by atoms with van der Waals surface area (Å²) in [6, 6.07) is 0. The molecular weight excluding hydrogens is 240 g/mol. The molecule has 0 atom stereocenters. The Balaban J connectivity index is 0.00000169. The van der Waals surface area contributed by atoms with E-state index in [4.69, 9.17) is 18.1 Å². The molecule has 0 aliphatic rings. The summed E-state index contributed by atoms with van der Waals surface area (Å²) in [6.07, 6.45) is 0. The Morgan fingerprint density at radius 1 is 1.57 bits per heavy atom. The molecular formula is C7H15ClN4S2. The number of aromatic nitrogens is 3. The highest BCUT2D eigenvalue weighted by atomic mass is 35.5. The molecule has 0 aliphatic heterocycles. The summed E-state index contributed by atoms with van der Waals surface area (Å²) in [6.45, 7) is 6.46. The molecule has 0 spiro atoms. The quantitative estimate of drug-likeness (QED) is 0.627. The van der Waals surface area contributed by atoms with Crippen LogP contribution in [-0.4, -0.2) is 19.6 Å². The second-order valence-corrected chi connectivity index (χ2v) is 5.90. The Hall–Kier alpha value is -0.200. The predicted octanol–water partition coefficient (Wildman–Crippen LogP) is 2.11. The van der Waals surface area contributed by atoms with Crippen molar-refractivity contribution < 1.29 is 0 Å². The van der Waals surface area contributed by atoms with Crippen LogP contribution in [0.1, 0.15) is 26.6 Å². The van der Waals surface area contributed by atoms with Crippen LogP contribution in [0.5, 0.6) is 0 Å². The van der Waals surface area contributed by atoms with Gasteiger partial charge < -0.3 is 5.84 Å². The Kier molecular flexibility index (Phi) is 4.97. The molecule has 1 heterocycles. The van der Waals surface area contributed by atoms with Crippen LogP contribution in [0.3, 0.4) is 0 Å². The zero-order valence-electron chi connectivity index (χ0n) is 8.40. The van der Waals surface area contributed by atoms with Gasteiger partial charge in [0.2, 0.25) is 4.77 Å². The van der Waals surface area contributed by atoms with Gasteiger partial charge in [0.1, 0.15) is 0 Å². The topological polar surface area (TPSA) is 59.6 Å². The number of nitrogens with one attached hydrogen (secondary N) is 1. The summed E-state index contributed by atoms with van der Waals surface area (Å²) < 4.78 is 2.09. The molecule has 0 saturated carbocycles. The van der Waals surface area contributed by atoms with E-state index in [9.17, 15) is 0 Å². The lowest BCUT2D eigenvalue weighted by Gasteiger charge is -2.16. The van der Waals surface area contributed by atoms with Crippen molar-refractivity contribution in [2.45, 2.75) is 31.3 Å². The van der Waals surface area contributed by atoms with Crippen molar-refractivity contribution in [3.8, 4) is 0 Å². The second kappa shape index (κ2) is 5.04. The molecule has 7 heteroatoms. The molecule has 4 nitrogen and oxygen atoms in total. The highest BCUT2D eigenvalue weighted by molar-refractivity contribution is 7.99. The standard InChI is InChI=1S/C7H14N4S2.ClH/c1-7(2,3)13-4-5-9-10-6(12)11(5)8;/h4,8H2,1-3H3,(H,10,12);1H. The summed E-state index contributed by atoms with van der Waals surface area (Å²) in [5.41, 5.74) is 0. The van der Waals surface area contributed by atoms with E-state index >= 15 is 0 Å². The second-order valence-electron chi connectivity index (χ2n) is 3.72. The Labute approximate surface area is 99.0 Å². The SMILES string of the molecule is CC(C)(C)SCc1n[nH]c(=S)n1N.Cl. The molecule has 1 aromatic rings. The summed E-state index contributed by atoms with van der Waals surface area (Å²) in [7, 11) is 0. The lowest BCUT2D eigenvalue weighted by Crippen LogP contribution is -2.14. The number of thioether (sulfide) groups is 1. The van der Waals surface area contributed by atoms with E-state index in [1.807, 2.05) is 0 Å². The first-order valence-electron chi connectivity index (χ1n) is 3.95. The number of nitrogens with zero attached hydrogens (tertiary/aromatic N) is 2. The van der Waals surface area contributed by atoms with Gasteiger partial charge in [-0.2, -0.15) is 5.10 Å². The van der Waals surface area contributed by atoms with Crippen molar-refractivity contribution in [3.63, 3.8) is 0 Å². The van der Waals surface area contributed by atoms with Gasteiger partial charge in [-0.3, -0.25) is 5.10 Å². The number of hydrogen-bond donors (Lipinski definition) is 2. The zero-order chi connectivity index (χ0) is 10.1. The average molecular weight is 255 g/mol. The normalized spacial score (nSPS) is 11.1. The minimum atomic E-state index is 0.